The first-order chi connectivity index (χ1) is 16.1. The molecule has 0 saturated carbocycles. The molecule has 1 aliphatic heterocycles. The average molecular weight is 461 g/mol. The van der Waals surface area contributed by atoms with Crippen LogP contribution in [0.5, 0.6) is 5.75 Å². The Morgan fingerprint density at radius 3 is 2.39 bits per heavy atom. The third kappa shape index (κ3) is 9.82. The van der Waals surface area contributed by atoms with Gasteiger partial charge in [0.2, 0.25) is 6.29 Å². The number of benzene rings is 1. The minimum atomic E-state index is -1.45. The molecule has 4 N–H and O–H groups in total. The maximum atomic E-state index is 10.1. The molecule has 0 aliphatic carbocycles. The van der Waals surface area contributed by atoms with Crippen molar-refractivity contribution in [2.24, 2.45) is 0 Å². The lowest BCUT2D eigenvalue weighted by Crippen LogP contribution is -2.60. The molecule has 5 atom stereocenters. The van der Waals surface area contributed by atoms with Crippen molar-refractivity contribution in [1.82, 2.24) is 0 Å². The number of hydrogen-bond acceptors (Lipinski definition) is 6. The van der Waals surface area contributed by atoms with Crippen LogP contribution in [0, 0.1) is 0 Å². The van der Waals surface area contributed by atoms with E-state index in [4.69, 9.17) is 9.47 Å². The Bertz CT molecular complexity index is 729. The fourth-order valence-electron chi connectivity index (χ4n) is 3.78. The first-order valence-electron chi connectivity index (χ1n) is 12.0. The molecule has 0 radical (unpaired) electrons. The van der Waals surface area contributed by atoms with Gasteiger partial charge in [0.1, 0.15) is 30.2 Å². The first kappa shape index (κ1) is 27.3. The van der Waals surface area contributed by atoms with Crippen molar-refractivity contribution in [3.63, 3.8) is 0 Å². The molecule has 1 aromatic carbocycles. The van der Waals surface area contributed by atoms with Crippen LogP contribution in [-0.4, -0.2) is 57.7 Å². The normalized spacial score (nSPS) is 25.6. The van der Waals surface area contributed by atoms with Crippen molar-refractivity contribution in [2.45, 2.75) is 88.5 Å². The Morgan fingerprint density at radius 2 is 1.61 bits per heavy atom. The molecular formula is C27H40O6. The minimum absolute atomic E-state index is 0.478. The fourth-order valence-corrected chi connectivity index (χ4v) is 3.78. The zero-order valence-corrected chi connectivity index (χ0v) is 19.5. The molecule has 6 heteroatoms. The summed E-state index contributed by atoms with van der Waals surface area (Å²) in [6.07, 6.45) is 14.2. The summed E-state index contributed by atoms with van der Waals surface area (Å²) in [6.45, 7) is 3.22. The first-order valence-corrected chi connectivity index (χ1v) is 12.0. The zero-order valence-electron chi connectivity index (χ0n) is 19.5. The van der Waals surface area contributed by atoms with Gasteiger partial charge in [-0.25, -0.2) is 0 Å². The molecule has 3 unspecified atom stereocenters. The van der Waals surface area contributed by atoms with Crippen LogP contribution in [0.15, 0.2) is 61.2 Å². The van der Waals surface area contributed by atoms with Gasteiger partial charge in [-0.1, -0.05) is 61.8 Å². The molecule has 33 heavy (non-hydrogen) atoms. The van der Waals surface area contributed by atoms with Gasteiger partial charge in [0.25, 0.3) is 0 Å². The predicted octanol–water partition coefficient (Wildman–Crippen LogP) is 3.83. The van der Waals surface area contributed by atoms with E-state index in [9.17, 15) is 20.4 Å². The van der Waals surface area contributed by atoms with Crippen LogP contribution in [0.2, 0.25) is 0 Å². The Kier molecular flexibility index (Phi) is 13.1. The molecule has 184 valence electrons. The van der Waals surface area contributed by atoms with Crippen LogP contribution in [0.4, 0.5) is 0 Å². The second-order valence-corrected chi connectivity index (χ2v) is 8.47. The number of unbranched alkanes of at least 4 members (excludes halogenated alkanes) is 5. The molecule has 0 spiro atoms. The van der Waals surface area contributed by atoms with Gasteiger partial charge < -0.3 is 29.9 Å². The van der Waals surface area contributed by atoms with Gasteiger partial charge in [0, 0.05) is 0 Å². The molecule has 1 aliphatic rings. The molecule has 1 heterocycles. The van der Waals surface area contributed by atoms with E-state index in [1.807, 2.05) is 24.3 Å². The number of hydrogen-bond donors (Lipinski definition) is 4. The van der Waals surface area contributed by atoms with Crippen molar-refractivity contribution in [3.05, 3.63) is 66.8 Å². The van der Waals surface area contributed by atoms with Gasteiger partial charge in [-0.2, -0.15) is 0 Å². The van der Waals surface area contributed by atoms with Crippen molar-refractivity contribution in [1.29, 1.82) is 0 Å². The van der Waals surface area contributed by atoms with Gasteiger partial charge >= 0.3 is 0 Å². The van der Waals surface area contributed by atoms with E-state index in [-0.39, 0.29) is 0 Å². The number of allylic oxidation sites excluding steroid dienone is 5. The van der Waals surface area contributed by atoms with Crippen molar-refractivity contribution in [2.75, 3.05) is 6.61 Å². The van der Waals surface area contributed by atoms with Crippen LogP contribution in [-0.2, 0) is 11.2 Å². The third-order valence-corrected chi connectivity index (χ3v) is 5.74. The molecule has 1 saturated heterocycles. The maximum absolute atomic E-state index is 10.1. The Morgan fingerprint density at radius 1 is 0.879 bits per heavy atom. The van der Waals surface area contributed by atoms with E-state index in [1.54, 1.807) is 6.07 Å². The van der Waals surface area contributed by atoms with Crippen molar-refractivity contribution in [3.8, 4) is 5.75 Å². The average Bonchev–Trinajstić information content (AvgIpc) is 2.82. The highest BCUT2D eigenvalue weighted by Gasteiger charge is 2.44. The van der Waals surface area contributed by atoms with E-state index >= 15 is 0 Å². The summed E-state index contributed by atoms with van der Waals surface area (Å²) in [4.78, 5) is 0. The van der Waals surface area contributed by atoms with Crippen LogP contribution in [0.1, 0.15) is 56.9 Å². The molecule has 6 nitrogen and oxygen atoms in total. The zero-order chi connectivity index (χ0) is 23.9. The molecule has 1 aromatic rings. The van der Waals surface area contributed by atoms with Gasteiger partial charge in [-0.3, -0.25) is 0 Å². The standard InChI is InChI=1S/C27H40O6/c1-2-3-4-5-6-7-8-9-10-11-12-13-14-16-21-17-15-18-22(19-21)32-27-26(31)25(30)24(29)23(20-28)33-27/h2,4-5,7-8,15,17-19,23-31H,1,3,6,9-14,16,20H2/b5-4-,8-7-/t23?,24-,25?,26?,27-/m1/s1. The largest absolute Gasteiger partial charge is 0.462 e. The van der Waals surface area contributed by atoms with Crippen molar-refractivity contribution < 1.29 is 29.9 Å². The lowest BCUT2D eigenvalue weighted by Gasteiger charge is -2.39. The fraction of sp³-hybridized carbons (Fsp3) is 0.556. The van der Waals surface area contributed by atoms with Gasteiger partial charge in [0.15, 0.2) is 0 Å². The molecule has 0 aromatic heterocycles. The topological polar surface area (TPSA) is 99.4 Å². The lowest BCUT2D eigenvalue weighted by atomic mass is 9.99. The quantitative estimate of drug-likeness (QED) is 0.235. The van der Waals surface area contributed by atoms with Crippen LogP contribution >= 0.6 is 0 Å². The minimum Gasteiger partial charge on any atom is -0.462 e. The molecule has 1 fully saturated rings. The van der Waals surface area contributed by atoms with E-state index in [0.717, 1.165) is 37.7 Å². The summed E-state index contributed by atoms with van der Waals surface area (Å²) in [5.41, 5.74) is 1.13. The van der Waals surface area contributed by atoms with Gasteiger partial charge in [-0.15, -0.1) is 6.58 Å². The summed E-state index contributed by atoms with van der Waals surface area (Å²) in [5, 5.41) is 39.2. The second-order valence-electron chi connectivity index (χ2n) is 8.47. The Hall–Kier alpha value is -1.96. The highest BCUT2D eigenvalue weighted by atomic mass is 16.7. The smallest absolute Gasteiger partial charge is 0.229 e. The lowest BCUT2D eigenvalue weighted by molar-refractivity contribution is -0.277. The number of aliphatic hydroxyl groups excluding tert-OH is 4. The van der Waals surface area contributed by atoms with Gasteiger partial charge in [0.05, 0.1) is 6.61 Å². The number of rotatable bonds is 15. The van der Waals surface area contributed by atoms with E-state index in [1.165, 1.54) is 25.7 Å². The van der Waals surface area contributed by atoms with E-state index in [2.05, 4.69) is 30.9 Å². The highest BCUT2D eigenvalue weighted by molar-refractivity contribution is 5.28. The summed E-state index contributed by atoms with van der Waals surface area (Å²) in [5.74, 6) is 0.517. The number of ether oxygens (including phenoxy) is 2. The predicted molar refractivity (Wildman–Crippen MR) is 130 cm³/mol. The summed E-state index contributed by atoms with van der Waals surface area (Å²) in [6, 6.07) is 7.57. The van der Waals surface area contributed by atoms with Crippen LogP contribution in [0.25, 0.3) is 0 Å². The second kappa shape index (κ2) is 15.8. The number of aryl methyl sites for hydroxylation is 1. The highest BCUT2D eigenvalue weighted by Crippen LogP contribution is 2.25. The van der Waals surface area contributed by atoms with E-state index in [0.29, 0.717) is 5.75 Å². The molecule has 0 amide bonds. The molecular weight excluding hydrogens is 420 g/mol. The molecule has 2 rings (SSSR count). The summed E-state index contributed by atoms with van der Waals surface area (Å²) >= 11 is 0. The number of aliphatic hydroxyl groups is 4. The van der Waals surface area contributed by atoms with Gasteiger partial charge in [-0.05, 0) is 56.2 Å². The Labute approximate surface area is 197 Å². The maximum Gasteiger partial charge on any atom is 0.229 e. The summed E-state index contributed by atoms with van der Waals surface area (Å²) in [7, 11) is 0. The van der Waals surface area contributed by atoms with Crippen LogP contribution in [0.3, 0.4) is 0 Å². The summed E-state index contributed by atoms with van der Waals surface area (Å²) < 4.78 is 11.1. The van der Waals surface area contributed by atoms with E-state index < -0.39 is 37.3 Å². The molecule has 0 bridgehead atoms. The Balaban J connectivity index is 1.64. The SMILES string of the molecule is C=CC/C=C\C/C=C\CCCCCCCc1cccc(O[C@@H]2OC(CO)[C@@H](O)C(O)C2O)c1. The van der Waals surface area contributed by atoms with Crippen molar-refractivity contribution >= 4 is 0 Å². The van der Waals surface area contributed by atoms with Crippen LogP contribution < -0.4 is 4.74 Å². The monoisotopic (exact) mass is 460 g/mol. The third-order valence-electron chi connectivity index (χ3n) is 5.74.